The Bertz CT molecular complexity index is 1860. The molecule has 0 unspecified atom stereocenters. The summed E-state index contributed by atoms with van der Waals surface area (Å²) in [5.41, 5.74) is -5.12. The quantitative estimate of drug-likeness (QED) is 0.127. The number of nitro benzene ring substituents is 1. The Morgan fingerprint density at radius 1 is 1.03 bits per heavy atom. The highest BCUT2D eigenvalue weighted by molar-refractivity contribution is 7.88. The first-order valence-electron chi connectivity index (χ1n) is 10.7. The van der Waals surface area contributed by atoms with E-state index >= 15 is 0 Å². The summed E-state index contributed by atoms with van der Waals surface area (Å²) in [5.74, 6) is -0.0194. The summed E-state index contributed by atoms with van der Waals surface area (Å²) in [4.78, 5) is 22.5. The molecule has 3 heterocycles. The summed E-state index contributed by atoms with van der Waals surface area (Å²) >= 11 is 0. The van der Waals surface area contributed by atoms with Crippen LogP contribution in [0, 0.1) is 17.0 Å². The van der Waals surface area contributed by atoms with E-state index in [0.29, 0.717) is 28.4 Å². The van der Waals surface area contributed by atoms with Gasteiger partial charge in [0.1, 0.15) is 30.0 Å². The summed E-state index contributed by atoms with van der Waals surface area (Å²) in [7, 11) is -6.16. The number of nitrogens with one attached hydrogen (secondary N) is 1. The number of hydrogen-bond acceptors (Lipinski definition) is 11. The normalized spacial score (nSPS) is 12.0. The molecule has 0 aliphatic carbocycles. The molecule has 0 bridgehead atoms. The van der Waals surface area contributed by atoms with Gasteiger partial charge in [0, 0.05) is 30.1 Å². The number of hydrogen-bond donors (Lipinski definition) is 1. The van der Waals surface area contributed by atoms with Crippen molar-refractivity contribution >= 4 is 43.9 Å². The number of benzene rings is 2. The number of ether oxygens (including phenoxy) is 1. The average molecular weight is 561 g/mol. The van der Waals surface area contributed by atoms with Crippen LogP contribution in [-0.2, 0) is 10.1 Å². The zero-order valence-corrected chi connectivity index (χ0v) is 20.3. The molecule has 0 aliphatic rings. The van der Waals surface area contributed by atoms with Crippen molar-refractivity contribution < 1.29 is 35.4 Å². The number of nitrogens with zero attached hydrogens (tertiary/aromatic N) is 6. The second kappa shape index (κ2) is 9.35. The van der Waals surface area contributed by atoms with Gasteiger partial charge in [-0.05, 0) is 36.8 Å². The molecular formula is C22H14F3N7O6S. The zero-order chi connectivity index (χ0) is 27.9. The molecule has 0 atom stereocenters. The van der Waals surface area contributed by atoms with Crippen LogP contribution in [0.25, 0.3) is 16.6 Å². The van der Waals surface area contributed by atoms with Gasteiger partial charge in [0.15, 0.2) is 5.65 Å². The number of anilines is 2. The second-order valence-electron chi connectivity index (χ2n) is 7.93. The molecule has 0 amide bonds. The molecule has 0 spiro atoms. The number of pyridine rings is 1. The molecule has 0 saturated carbocycles. The maximum Gasteiger partial charge on any atom is 0.534 e. The lowest BCUT2D eigenvalue weighted by Crippen LogP contribution is -2.28. The lowest BCUT2D eigenvalue weighted by Gasteiger charge is -2.13. The van der Waals surface area contributed by atoms with E-state index in [2.05, 4.69) is 29.6 Å². The minimum absolute atomic E-state index is 0.0283. The summed E-state index contributed by atoms with van der Waals surface area (Å²) in [6, 6.07) is 9.99. The van der Waals surface area contributed by atoms with Crippen molar-refractivity contribution in [3.05, 3.63) is 77.0 Å². The van der Waals surface area contributed by atoms with E-state index in [4.69, 9.17) is 4.74 Å². The third kappa shape index (κ3) is 5.06. The van der Waals surface area contributed by atoms with Gasteiger partial charge in [-0.2, -0.15) is 26.7 Å². The van der Waals surface area contributed by atoms with Crippen molar-refractivity contribution in [2.75, 3.05) is 5.32 Å². The highest BCUT2D eigenvalue weighted by atomic mass is 32.2. The Morgan fingerprint density at radius 3 is 2.54 bits per heavy atom. The van der Waals surface area contributed by atoms with Crippen LogP contribution in [0.2, 0.25) is 0 Å². The first kappa shape index (κ1) is 25.6. The highest BCUT2D eigenvalue weighted by Crippen LogP contribution is 2.38. The topological polar surface area (TPSA) is 164 Å². The minimum atomic E-state index is -6.16. The monoisotopic (exact) mass is 561 g/mol. The van der Waals surface area contributed by atoms with Crippen LogP contribution in [0.5, 0.6) is 17.2 Å². The van der Waals surface area contributed by atoms with E-state index < -0.39 is 32.0 Å². The maximum atomic E-state index is 12.8. The van der Waals surface area contributed by atoms with E-state index in [1.807, 2.05) is 0 Å². The Morgan fingerprint density at radius 2 is 1.82 bits per heavy atom. The van der Waals surface area contributed by atoms with Crippen molar-refractivity contribution in [2.24, 2.45) is 0 Å². The molecule has 3 aromatic heterocycles. The number of alkyl halides is 3. The number of fused-ring (bicyclic) bond motifs is 2. The van der Waals surface area contributed by atoms with Crippen LogP contribution in [0.3, 0.4) is 0 Å². The average Bonchev–Trinajstić information content (AvgIpc) is 3.32. The Balaban J connectivity index is 1.45. The second-order valence-corrected chi connectivity index (χ2v) is 9.47. The number of aromatic nitrogens is 5. The predicted octanol–water partition coefficient (Wildman–Crippen LogP) is 4.65. The summed E-state index contributed by atoms with van der Waals surface area (Å²) in [6.07, 6.45) is 4.15. The molecular weight excluding hydrogens is 547 g/mol. The van der Waals surface area contributed by atoms with E-state index in [1.54, 1.807) is 48.0 Å². The molecule has 0 saturated heterocycles. The van der Waals surface area contributed by atoms with Gasteiger partial charge in [-0.3, -0.25) is 10.1 Å². The Hall–Kier alpha value is -5.06. The van der Waals surface area contributed by atoms with Crippen LogP contribution in [0.1, 0.15) is 5.56 Å². The number of halogens is 3. The predicted molar refractivity (Wildman–Crippen MR) is 129 cm³/mol. The zero-order valence-electron chi connectivity index (χ0n) is 19.4. The van der Waals surface area contributed by atoms with Gasteiger partial charge in [0.25, 0.3) is 0 Å². The smallest absolute Gasteiger partial charge is 0.457 e. The van der Waals surface area contributed by atoms with Crippen LogP contribution in [0.15, 0.2) is 61.3 Å². The molecule has 2 aromatic carbocycles. The van der Waals surface area contributed by atoms with Crippen LogP contribution in [0.4, 0.5) is 30.4 Å². The van der Waals surface area contributed by atoms with Crippen molar-refractivity contribution in [2.45, 2.75) is 12.4 Å². The SMILES string of the molecule is Cc1cc(Nc2ncnc3cc(OS(=O)(=O)C(F)(F)F)c([N+](=O)[O-])cc23)ccc1Oc1ccn2ncnc2c1. The minimum Gasteiger partial charge on any atom is -0.457 e. The Kier molecular flexibility index (Phi) is 6.14. The van der Waals surface area contributed by atoms with Crippen molar-refractivity contribution in [3.63, 3.8) is 0 Å². The van der Waals surface area contributed by atoms with Crippen LogP contribution in [-0.4, -0.2) is 43.4 Å². The number of nitro groups is 1. The maximum absolute atomic E-state index is 12.8. The van der Waals surface area contributed by atoms with Gasteiger partial charge in [0.05, 0.1) is 15.8 Å². The van der Waals surface area contributed by atoms with E-state index in [1.165, 1.54) is 6.33 Å². The van der Waals surface area contributed by atoms with Crippen LogP contribution < -0.4 is 14.2 Å². The molecule has 1 N–H and O–H groups in total. The third-order valence-electron chi connectivity index (χ3n) is 5.31. The van der Waals surface area contributed by atoms with E-state index in [0.717, 1.165) is 18.5 Å². The summed E-state index contributed by atoms with van der Waals surface area (Å²) < 4.78 is 72.7. The molecule has 0 radical (unpaired) electrons. The fourth-order valence-corrected chi connectivity index (χ4v) is 3.98. The fourth-order valence-electron chi connectivity index (χ4n) is 3.51. The summed E-state index contributed by atoms with van der Waals surface area (Å²) in [6.45, 7) is 1.78. The molecule has 39 heavy (non-hydrogen) atoms. The van der Waals surface area contributed by atoms with Gasteiger partial charge < -0.3 is 14.2 Å². The highest BCUT2D eigenvalue weighted by Gasteiger charge is 2.49. The standard InChI is InChI=1S/C22H14F3N7O6S/c1-12-6-13(2-3-18(12)37-14-4-5-31-20(7-14)27-11-29-31)30-21-15-8-17(32(33)34)19(9-16(15)26-10-28-21)38-39(35,36)22(23,24)25/h2-11H,1H3,(H,26,28,30). The lowest BCUT2D eigenvalue weighted by atomic mass is 10.1. The molecule has 13 nitrogen and oxygen atoms in total. The first-order valence-corrected chi connectivity index (χ1v) is 12.1. The van der Waals surface area contributed by atoms with E-state index in [-0.39, 0.29) is 16.7 Å². The lowest BCUT2D eigenvalue weighted by molar-refractivity contribution is -0.385. The molecule has 0 fully saturated rings. The first-order chi connectivity index (χ1) is 18.4. The number of rotatable bonds is 7. The van der Waals surface area contributed by atoms with Gasteiger partial charge >= 0.3 is 21.3 Å². The molecule has 0 aliphatic heterocycles. The van der Waals surface area contributed by atoms with Gasteiger partial charge in [0.2, 0.25) is 5.75 Å². The molecule has 17 heteroatoms. The molecule has 5 aromatic rings. The van der Waals surface area contributed by atoms with Crippen molar-refractivity contribution in [1.29, 1.82) is 0 Å². The fraction of sp³-hybridized carbons (Fsp3) is 0.0909. The summed E-state index contributed by atoms with van der Waals surface area (Å²) in [5, 5.41) is 18.5. The number of aryl methyl sites for hydroxylation is 1. The van der Waals surface area contributed by atoms with Crippen molar-refractivity contribution in [1.82, 2.24) is 24.6 Å². The van der Waals surface area contributed by atoms with Gasteiger partial charge in [-0.25, -0.2) is 19.5 Å². The third-order valence-corrected chi connectivity index (χ3v) is 6.28. The van der Waals surface area contributed by atoms with Gasteiger partial charge in [-0.1, -0.05) is 0 Å². The largest absolute Gasteiger partial charge is 0.534 e. The van der Waals surface area contributed by atoms with Gasteiger partial charge in [-0.15, -0.1) is 0 Å². The van der Waals surface area contributed by atoms with E-state index in [9.17, 15) is 31.7 Å². The van der Waals surface area contributed by atoms with Crippen molar-refractivity contribution in [3.8, 4) is 17.2 Å². The molecule has 5 rings (SSSR count). The molecule has 200 valence electrons. The van der Waals surface area contributed by atoms with Crippen LogP contribution >= 0.6 is 0 Å². The Labute approximate surface area is 216 Å².